The maximum atomic E-state index is 11.1. The van der Waals surface area contributed by atoms with Crippen molar-refractivity contribution in [2.45, 2.75) is 32.1 Å². The van der Waals surface area contributed by atoms with Crippen LogP contribution in [-0.2, 0) is 5.33 Å². The lowest BCUT2D eigenvalue weighted by atomic mass is 10.1. The number of halogens is 1. The predicted molar refractivity (Wildman–Crippen MR) is 73.9 cm³/mol. The zero-order valence-electron chi connectivity index (χ0n) is 10.3. The number of nitro groups is 1. The first-order valence-corrected chi connectivity index (χ1v) is 6.73. The van der Waals surface area contributed by atoms with Gasteiger partial charge in [0.2, 0.25) is 0 Å². The molecule has 4 nitrogen and oxygen atoms in total. The number of rotatable bonds is 5. The third-order valence-electron chi connectivity index (χ3n) is 2.66. The summed E-state index contributed by atoms with van der Waals surface area (Å²) in [7, 11) is 0. The van der Waals surface area contributed by atoms with Crippen LogP contribution in [0, 0.1) is 10.1 Å². The molecule has 0 aliphatic heterocycles. The number of benzene rings is 1. The van der Waals surface area contributed by atoms with Gasteiger partial charge >= 0.3 is 0 Å². The molecule has 0 aliphatic rings. The lowest BCUT2D eigenvalue weighted by Crippen LogP contribution is -2.30. The standard InChI is InChI=1S/C12H17BrN2O2/c1-4-14(9(2)3)11-6-5-10(8-13)7-12(11)15(16)17/h5-7,9H,4,8H2,1-3H3. The highest BCUT2D eigenvalue weighted by Gasteiger charge is 2.20. The normalized spacial score (nSPS) is 10.6. The first kappa shape index (κ1) is 14.0. The number of hydrogen-bond acceptors (Lipinski definition) is 3. The predicted octanol–water partition coefficient (Wildman–Crippen LogP) is 3.72. The van der Waals surface area contributed by atoms with Crippen molar-refractivity contribution in [3.8, 4) is 0 Å². The number of hydrogen-bond donors (Lipinski definition) is 0. The van der Waals surface area contributed by atoms with Crippen LogP contribution < -0.4 is 4.90 Å². The molecule has 1 rings (SSSR count). The van der Waals surface area contributed by atoms with Crippen molar-refractivity contribution in [2.75, 3.05) is 11.4 Å². The topological polar surface area (TPSA) is 46.4 Å². The van der Waals surface area contributed by atoms with Crippen LogP contribution in [0.4, 0.5) is 11.4 Å². The van der Waals surface area contributed by atoms with Gasteiger partial charge in [0.05, 0.1) is 4.92 Å². The second-order valence-corrected chi connectivity index (χ2v) is 4.65. The minimum Gasteiger partial charge on any atom is -0.364 e. The van der Waals surface area contributed by atoms with Crippen LogP contribution in [0.25, 0.3) is 0 Å². The van der Waals surface area contributed by atoms with Gasteiger partial charge in [0, 0.05) is 24.0 Å². The van der Waals surface area contributed by atoms with E-state index in [0.29, 0.717) is 11.0 Å². The van der Waals surface area contributed by atoms with Gasteiger partial charge < -0.3 is 4.90 Å². The fraction of sp³-hybridized carbons (Fsp3) is 0.500. The van der Waals surface area contributed by atoms with Crippen molar-refractivity contribution < 1.29 is 4.92 Å². The number of nitro benzene ring substituents is 1. The summed E-state index contributed by atoms with van der Waals surface area (Å²) in [6.45, 7) is 6.82. The largest absolute Gasteiger partial charge is 0.364 e. The molecule has 1 aromatic rings. The van der Waals surface area contributed by atoms with Crippen molar-refractivity contribution in [2.24, 2.45) is 0 Å². The van der Waals surface area contributed by atoms with E-state index in [-0.39, 0.29) is 16.7 Å². The molecule has 0 atom stereocenters. The summed E-state index contributed by atoms with van der Waals surface area (Å²) in [5, 5.41) is 11.7. The molecule has 0 saturated carbocycles. The molecule has 0 amide bonds. The molecule has 0 heterocycles. The minimum atomic E-state index is -0.313. The Balaban J connectivity index is 3.26. The molecular weight excluding hydrogens is 284 g/mol. The summed E-state index contributed by atoms with van der Waals surface area (Å²) >= 11 is 3.31. The molecule has 1 aromatic carbocycles. The quantitative estimate of drug-likeness (QED) is 0.473. The number of anilines is 1. The molecule has 0 saturated heterocycles. The molecular formula is C12H17BrN2O2. The van der Waals surface area contributed by atoms with Crippen molar-refractivity contribution in [1.82, 2.24) is 0 Å². The van der Waals surface area contributed by atoms with Gasteiger partial charge in [-0.15, -0.1) is 0 Å². The zero-order chi connectivity index (χ0) is 13.0. The highest BCUT2D eigenvalue weighted by molar-refractivity contribution is 9.08. The third-order valence-corrected chi connectivity index (χ3v) is 3.31. The molecule has 0 bridgehead atoms. The maximum absolute atomic E-state index is 11.1. The van der Waals surface area contributed by atoms with Gasteiger partial charge in [-0.05, 0) is 32.4 Å². The van der Waals surface area contributed by atoms with Crippen molar-refractivity contribution in [3.05, 3.63) is 33.9 Å². The average molecular weight is 301 g/mol. The van der Waals surface area contributed by atoms with E-state index < -0.39 is 0 Å². The van der Waals surface area contributed by atoms with Crippen LogP contribution in [0.1, 0.15) is 26.3 Å². The van der Waals surface area contributed by atoms with Gasteiger partial charge in [-0.25, -0.2) is 0 Å². The third kappa shape index (κ3) is 3.19. The van der Waals surface area contributed by atoms with Gasteiger partial charge in [0.25, 0.3) is 5.69 Å². The molecule has 0 radical (unpaired) electrons. The Morgan fingerprint density at radius 3 is 2.53 bits per heavy atom. The Morgan fingerprint density at radius 1 is 1.47 bits per heavy atom. The fourth-order valence-electron chi connectivity index (χ4n) is 1.85. The Kier molecular flexibility index (Phi) is 4.93. The van der Waals surface area contributed by atoms with Gasteiger partial charge in [-0.2, -0.15) is 0 Å². The highest BCUT2D eigenvalue weighted by Crippen LogP contribution is 2.31. The minimum absolute atomic E-state index is 0.178. The summed E-state index contributed by atoms with van der Waals surface area (Å²) in [5.41, 5.74) is 1.79. The fourth-order valence-corrected chi connectivity index (χ4v) is 2.20. The average Bonchev–Trinajstić information content (AvgIpc) is 2.29. The number of nitrogens with zero attached hydrogens (tertiary/aromatic N) is 2. The summed E-state index contributed by atoms with van der Waals surface area (Å²) in [4.78, 5) is 12.8. The highest BCUT2D eigenvalue weighted by atomic mass is 79.9. The second-order valence-electron chi connectivity index (χ2n) is 4.09. The van der Waals surface area contributed by atoms with Crippen LogP contribution >= 0.6 is 15.9 Å². The van der Waals surface area contributed by atoms with E-state index >= 15 is 0 Å². The summed E-state index contributed by atoms with van der Waals surface area (Å²) in [5.74, 6) is 0. The monoisotopic (exact) mass is 300 g/mol. The summed E-state index contributed by atoms with van der Waals surface area (Å²) in [6.07, 6.45) is 0. The molecule has 0 spiro atoms. The smallest absolute Gasteiger partial charge is 0.292 e. The molecule has 0 unspecified atom stereocenters. The van der Waals surface area contributed by atoms with Gasteiger partial charge in [-0.3, -0.25) is 10.1 Å². The molecule has 5 heteroatoms. The van der Waals surface area contributed by atoms with E-state index in [1.54, 1.807) is 6.07 Å². The van der Waals surface area contributed by atoms with E-state index in [2.05, 4.69) is 15.9 Å². The van der Waals surface area contributed by atoms with Crippen LogP contribution in [0.3, 0.4) is 0 Å². The van der Waals surface area contributed by atoms with Gasteiger partial charge in [-0.1, -0.05) is 22.0 Å². The SMILES string of the molecule is CCN(c1ccc(CBr)cc1[N+](=O)[O-])C(C)C. The zero-order valence-corrected chi connectivity index (χ0v) is 11.9. The number of alkyl halides is 1. The molecule has 0 N–H and O–H groups in total. The molecule has 17 heavy (non-hydrogen) atoms. The first-order valence-electron chi connectivity index (χ1n) is 5.61. The Morgan fingerprint density at radius 2 is 2.12 bits per heavy atom. The van der Waals surface area contributed by atoms with Crippen molar-refractivity contribution >= 4 is 27.3 Å². The van der Waals surface area contributed by atoms with Crippen LogP contribution in [0.15, 0.2) is 18.2 Å². The van der Waals surface area contributed by atoms with Gasteiger partial charge in [0.15, 0.2) is 0 Å². The second kappa shape index (κ2) is 6.00. The summed E-state index contributed by atoms with van der Waals surface area (Å²) in [6, 6.07) is 5.63. The molecule has 0 aromatic heterocycles. The van der Waals surface area contributed by atoms with Crippen LogP contribution in [-0.4, -0.2) is 17.5 Å². The van der Waals surface area contributed by atoms with E-state index in [0.717, 1.165) is 12.1 Å². The van der Waals surface area contributed by atoms with Crippen LogP contribution in [0.5, 0.6) is 0 Å². The molecule has 0 fully saturated rings. The molecule has 0 aliphatic carbocycles. The van der Waals surface area contributed by atoms with E-state index in [1.807, 2.05) is 37.8 Å². The lowest BCUT2D eigenvalue weighted by Gasteiger charge is -2.27. The van der Waals surface area contributed by atoms with E-state index in [1.165, 1.54) is 0 Å². The van der Waals surface area contributed by atoms with Gasteiger partial charge in [0.1, 0.15) is 5.69 Å². The Labute approximate surface area is 110 Å². The van der Waals surface area contributed by atoms with E-state index in [4.69, 9.17) is 0 Å². The maximum Gasteiger partial charge on any atom is 0.292 e. The van der Waals surface area contributed by atoms with Crippen LogP contribution in [0.2, 0.25) is 0 Å². The summed E-state index contributed by atoms with van der Waals surface area (Å²) < 4.78 is 0. The molecule has 94 valence electrons. The first-order chi connectivity index (χ1) is 8.01. The Bertz CT molecular complexity index is 407. The lowest BCUT2D eigenvalue weighted by molar-refractivity contribution is -0.384. The van der Waals surface area contributed by atoms with Crippen molar-refractivity contribution in [1.29, 1.82) is 0 Å². The van der Waals surface area contributed by atoms with E-state index in [9.17, 15) is 10.1 Å². The van der Waals surface area contributed by atoms with Crippen molar-refractivity contribution in [3.63, 3.8) is 0 Å². The Hall–Kier alpha value is -1.10.